The molecule has 6 nitrogen and oxygen atoms in total. The Hall–Kier alpha value is -0.960. The lowest BCUT2D eigenvalue weighted by Crippen LogP contribution is -2.34. The van der Waals surface area contributed by atoms with Crippen LogP contribution in [0, 0.1) is 5.92 Å². The van der Waals surface area contributed by atoms with E-state index in [4.69, 9.17) is 4.74 Å². The minimum Gasteiger partial charge on any atom is -0.369 e. The van der Waals surface area contributed by atoms with Crippen LogP contribution in [0.25, 0.3) is 0 Å². The number of rotatable bonds is 9. The van der Waals surface area contributed by atoms with Gasteiger partial charge in [-0.2, -0.15) is 0 Å². The summed E-state index contributed by atoms with van der Waals surface area (Å²) in [6.07, 6.45) is 0.396. The molecule has 0 bridgehead atoms. The predicted molar refractivity (Wildman–Crippen MR) is 91.9 cm³/mol. The largest absolute Gasteiger partial charge is 0.369 e. The van der Waals surface area contributed by atoms with E-state index in [1.165, 1.54) is 18.4 Å². The summed E-state index contributed by atoms with van der Waals surface area (Å²) in [4.78, 5) is 12.7. The van der Waals surface area contributed by atoms with E-state index in [0.717, 1.165) is 22.6 Å². The number of amides is 1. The van der Waals surface area contributed by atoms with Gasteiger partial charge in [-0.15, -0.1) is 11.3 Å². The molecule has 0 fully saturated rings. The van der Waals surface area contributed by atoms with Crippen molar-refractivity contribution in [3.63, 3.8) is 0 Å². The number of carbonyl (C=O) groups is 1. The maximum Gasteiger partial charge on any atom is 0.252 e. The van der Waals surface area contributed by atoms with Crippen LogP contribution in [-0.4, -0.2) is 45.4 Å². The van der Waals surface area contributed by atoms with Gasteiger partial charge in [0, 0.05) is 25.6 Å². The Bertz CT molecular complexity index is 609. The fourth-order valence-electron chi connectivity index (χ4n) is 1.65. The first-order chi connectivity index (χ1) is 10.6. The quantitative estimate of drug-likeness (QED) is 0.730. The third-order valence-corrected chi connectivity index (χ3v) is 6.61. The number of thiophene rings is 1. The second-order valence-electron chi connectivity index (χ2n) is 5.92. The van der Waals surface area contributed by atoms with Crippen molar-refractivity contribution in [3.8, 4) is 0 Å². The van der Waals surface area contributed by atoms with Crippen molar-refractivity contribution < 1.29 is 17.9 Å². The number of ether oxygens (including phenoxy) is 1. The lowest BCUT2D eigenvalue weighted by atomic mass is 10.1. The summed E-state index contributed by atoms with van der Waals surface area (Å²) in [5, 5.41) is 2.77. The van der Waals surface area contributed by atoms with Crippen LogP contribution in [0.15, 0.2) is 16.3 Å². The van der Waals surface area contributed by atoms with Crippen LogP contribution in [-0.2, 0) is 26.1 Å². The van der Waals surface area contributed by atoms with Crippen molar-refractivity contribution in [2.75, 3.05) is 20.7 Å². The molecular weight excluding hydrogens is 336 g/mol. The van der Waals surface area contributed by atoms with E-state index in [1.54, 1.807) is 19.1 Å². The molecule has 23 heavy (non-hydrogen) atoms. The Labute approximate surface area is 142 Å². The number of hydrogen-bond acceptors (Lipinski definition) is 5. The second-order valence-corrected chi connectivity index (χ2v) is 9.47. The van der Waals surface area contributed by atoms with Gasteiger partial charge in [0.2, 0.25) is 5.91 Å². The smallest absolute Gasteiger partial charge is 0.252 e. The van der Waals surface area contributed by atoms with E-state index >= 15 is 0 Å². The van der Waals surface area contributed by atoms with E-state index in [9.17, 15) is 13.2 Å². The maximum absolute atomic E-state index is 12.0. The molecule has 0 aliphatic carbocycles. The Morgan fingerprint density at radius 2 is 1.96 bits per heavy atom. The summed E-state index contributed by atoms with van der Waals surface area (Å²) in [7, 11) is -0.431. The van der Waals surface area contributed by atoms with Crippen LogP contribution in [0.1, 0.15) is 32.1 Å². The molecular formula is C15H26N2O4S2. The summed E-state index contributed by atoms with van der Waals surface area (Å²) >= 11 is 1.16. The molecule has 0 aliphatic heterocycles. The summed E-state index contributed by atoms with van der Waals surface area (Å²) in [6, 6.07) is 3.27. The van der Waals surface area contributed by atoms with Gasteiger partial charge in [-0.25, -0.2) is 12.7 Å². The average Bonchev–Trinajstić information content (AvgIpc) is 2.93. The van der Waals surface area contributed by atoms with E-state index in [1.807, 2.05) is 0 Å². The number of hydrogen-bond donors (Lipinski definition) is 1. The molecule has 1 N–H and O–H groups in total. The lowest BCUT2D eigenvalue weighted by Gasteiger charge is -2.13. The first-order valence-corrected chi connectivity index (χ1v) is 9.80. The molecule has 0 aromatic carbocycles. The molecule has 0 aliphatic rings. The van der Waals surface area contributed by atoms with Crippen molar-refractivity contribution in [1.82, 2.24) is 9.62 Å². The summed E-state index contributed by atoms with van der Waals surface area (Å²) in [5.41, 5.74) is 0. The van der Waals surface area contributed by atoms with Gasteiger partial charge in [0.15, 0.2) is 0 Å². The number of nitrogens with one attached hydrogen (secondary N) is 1. The third kappa shape index (κ3) is 6.21. The van der Waals surface area contributed by atoms with Crippen LogP contribution < -0.4 is 5.32 Å². The van der Waals surface area contributed by atoms with Gasteiger partial charge < -0.3 is 10.1 Å². The van der Waals surface area contributed by atoms with Crippen molar-refractivity contribution in [3.05, 3.63) is 17.0 Å². The first-order valence-electron chi connectivity index (χ1n) is 7.55. The van der Waals surface area contributed by atoms with E-state index < -0.39 is 16.1 Å². The highest BCUT2D eigenvalue weighted by molar-refractivity contribution is 7.91. The van der Waals surface area contributed by atoms with E-state index in [2.05, 4.69) is 19.2 Å². The highest BCUT2D eigenvalue weighted by Crippen LogP contribution is 2.23. The van der Waals surface area contributed by atoms with Gasteiger partial charge in [0.25, 0.3) is 10.0 Å². The fourth-order valence-corrected chi connectivity index (χ4v) is 4.11. The van der Waals surface area contributed by atoms with Gasteiger partial charge >= 0.3 is 0 Å². The van der Waals surface area contributed by atoms with Gasteiger partial charge in [-0.1, -0.05) is 13.8 Å². The van der Waals surface area contributed by atoms with Gasteiger partial charge in [0.1, 0.15) is 10.3 Å². The molecule has 1 amide bonds. The van der Waals surface area contributed by atoms with E-state index in [-0.39, 0.29) is 10.1 Å². The van der Waals surface area contributed by atoms with Crippen LogP contribution >= 0.6 is 11.3 Å². The molecule has 132 valence electrons. The molecule has 1 aromatic heterocycles. The zero-order valence-corrected chi connectivity index (χ0v) is 16.0. The van der Waals surface area contributed by atoms with Crippen molar-refractivity contribution in [2.45, 2.75) is 44.0 Å². The SMILES string of the molecule is CC(C)CCOC(C)C(=O)NCc1ccc(S(=O)(=O)N(C)C)s1. The molecule has 1 heterocycles. The third-order valence-electron chi connectivity index (χ3n) is 3.24. The van der Waals surface area contributed by atoms with E-state index in [0.29, 0.717) is 19.1 Å². The first kappa shape index (κ1) is 20.1. The Balaban J connectivity index is 2.49. The van der Waals surface area contributed by atoms with Gasteiger partial charge in [-0.3, -0.25) is 4.79 Å². The normalized spacial score (nSPS) is 13.5. The highest BCUT2D eigenvalue weighted by atomic mass is 32.2. The maximum atomic E-state index is 12.0. The van der Waals surface area contributed by atoms with Crippen molar-refractivity contribution in [2.24, 2.45) is 5.92 Å². The monoisotopic (exact) mass is 362 g/mol. The zero-order chi connectivity index (χ0) is 17.6. The average molecular weight is 363 g/mol. The van der Waals surface area contributed by atoms with Crippen molar-refractivity contribution in [1.29, 1.82) is 0 Å². The molecule has 0 saturated heterocycles. The summed E-state index contributed by atoms with van der Waals surface area (Å²) in [6.45, 7) is 6.77. The summed E-state index contributed by atoms with van der Waals surface area (Å²) < 4.78 is 30.9. The summed E-state index contributed by atoms with van der Waals surface area (Å²) in [5.74, 6) is 0.340. The number of sulfonamides is 1. The van der Waals surface area contributed by atoms with Crippen LogP contribution in [0.5, 0.6) is 0 Å². The van der Waals surface area contributed by atoms with Gasteiger partial charge in [-0.05, 0) is 31.4 Å². The molecule has 1 unspecified atom stereocenters. The fraction of sp³-hybridized carbons (Fsp3) is 0.667. The zero-order valence-electron chi connectivity index (χ0n) is 14.3. The molecule has 8 heteroatoms. The van der Waals surface area contributed by atoms with Crippen molar-refractivity contribution >= 4 is 27.3 Å². The van der Waals surface area contributed by atoms with Crippen LogP contribution in [0.3, 0.4) is 0 Å². The highest BCUT2D eigenvalue weighted by Gasteiger charge is 2.20. The Morgan fingerprint density at radius 1 is 1.30 bits per heavy atom. The van der Waals surface area contributed by atoms with Gasteiger partial charge in [0.05, 0.1) is 6.54 Å². The molecule has 0 saturated carbocycles. The molecule has 0 radical (unpaired) electrons. The molecule has 1 aromatic rings. The Morgan fingerprint density at radius 3 is 2.52 bits per heavy atom. The standard InChI is InChI=1S/C15H26N2O4S2/c1-11(2)8-9-21-12(3)15(18)16-10-13-6-7-14(22-13)23(19,20)17(4)5/h6-7,11-12H,8-10H2,1-5H3,(H,16,18). The Kier molecular flexibility index (Phi) is 7.66. The second kappa shape index (κ2) is 8.77. The minimum absolute atomic E-state index is 0.195. The van der Waals surface area contributed by atoms with Crippen LogP contribution in [0.4, 0.5) is 0 Å². The topological polar surface area (TPSA) is 75.7 Å². The predicted octanol–water partition coefficient (Wildman–Crippen LogP) is 2.07. The van der Waals surface area contributed by atoms with Crippen LogP contribution in [0.2, 0.25) is 0 Å². The molecule has 0 spiro atoms. The minimum atomic E-state index is -3.42. The molecule has 1 rings (SSSR count). The number of nitrogens with zero attached hydrogens (tertiary/aromatic N) is 1. The lowest BCUT2D eigenvalue weighted by molar-refractivity contribution is -0.132. The molecule has 1 atom stereocenters. The number of carbonyl (C=O) groups excluding carboxylic acids is 1.